The van der Waals surface area contributed by atoms with E-state index in [9.17, 15) is 14.0 Å². The van der Waals surface area contributed by atoms with Crippen LogP contribution in [0.15, 0.2) is 57.8 Å². The topological polar surface area (TPSA) is 59.1 Å². The minimum atomic E-state index is -0.626. The van der Waals surface area contributed by atoms with Crippen LogP contribution in [0.2, 0.25) is 0 Å². The van der Waals surface area contributed by atoms with Gasteiger partial charge in [-0.1, -0.05) is 28.1 Å². The zero-order valence-corrected chi connectivity index (χ0v) is 14.2. The molecular formula is C18H12BrFN2O2. The Morgan fingerprint density at radius 1 is 1.12 bits per heavy atom. The third-order valence-corrected chi connectivity index (χ3v) is 4.14. The van der Waals surface area contributed by atoms with Gasteiger partial charge in [0.25, 0.3) is 11.5 Å². The zero-order valence-electron chi connectivity index (χ0n) is 12.6. The Bertz CT molecular complexity index is 1000. The molecule has 24 heavy (non-hydrogen) atoms. The molecule has 0 aliphatic rings. The Morgan fingerprint density at radius 2 is 1.83 bits per heavy atom. The maximum Gasteiger partial charge on any atom is 0.278 e. The summed E-state index contributed by atoms with van der Waals surface area (Å²) < 4.78 is 15.5. The molecule has 0 bridgehead atoms. The van der Waals surface area contributed by atoms with Gasteiger partial charge in [-0.2, -0.15) is 0 Å². The van der Waals surface area contributed by atoms with E-state index in [0.29, 0.717) is 16.5 Å². The number of carbonyl (C=O) groups is 1. The minimum absolute atomic E-state index is 0.0230. The van der Waals surface area contributed by atoms with Crippen LogP contribution in [0.5, 0.6) is 0 Å². The molecule has 0 fully saturated rings. The monoisotopic (exact) mass is 386 g/mol. The van der Waals surface area contributed by atoms with E-state index in [1.54, 1.807) is 24.3 Å². The van der Waals surface area contributed by atoms with E-state index in [0.717, 1.165) is 4.47 Å². The molecule has 0 atom stereocenters. The van der Waals surface area contributed by atoms with Crippen LogP contribution in [-0.2, 0) is 0 Å². The van der Waals surface area contributed by atoms with Crippen molar-refractivity contribution in [1.29, 1.82) is 0 Å². The lowest BCUT2D eigenvalue weighted by Crippen LogP contribution is -2.17. The number of amides is 1. The second-order valence-corrected chi connectivity index (χ2v) is 6.06. The number of nitrogens with zero attached hydrogens (tertiary/aromatic N) is 1. The molecule has 0 aliphatic carbocycles. The first-order valence-corrected chi connectivity index (χ1v) is 7.91. The van der Waals surface area contributed by atoms with Crippen LogP contribution < -0.4 is 10.9 Å². The molecule has 1 amide bonds. The normalized spacial score (nSPS) is 10.6. The lowest BCUT2D eigenvalue weighted by atomic mass is 10.1. The first-order valence-electron chi connectivity index (χ1n) is 7.12. The second kappa shape index (κ2) is 6.49. The van der Waals surface area contributed by atoms with Crippen LogP contribution in [0.3, 0.4) is 0 Å². The molecule has 1 N–H and O–H groups in total. The van der Waals surface area contributed by atoms with E-state index < -0.39 is 11.4 Å². The van der Waals surface area contributed by atoms with Crippen molar-refractivity contribution in [2.45, 2.75) is 0 Å². The van der Waals surface area contributed by atoms with Crippen LogP contribution in [-0.4, -0.2) is 17.9 Å². The summed E-state index contributed by atoms with van der Waals surface area (Å²) in [5.41, 5.74) is 0.278. The molecule has 0 saturated heterocycles. The highest BCUT2D eigenvalue weighted by molar-refractivity contribution is 9.10. The summed E-state index contributed by atoms with van der Waals surface area (Å²) in [6, 6.07) is 12.6. The van der Waals surface area contributed by atoms with Gasteiger partial charge >= 0.3 is 0 Å². The summed E-state index contributed by atoms with van der Waals surface area (Å²) in [5.74, 6) is -0.934. The van der Waals surface area contributed by atoms with E-state index in [1.165, 1.54) is 31.3 Å². The maximum absolute atomic E-state index is 14.6. The number of hydrogen-bond acceptors (Lipinski definition) is 3. The lowest BCUT2D eigenvalue weighted by Gasteiger charge is -2.00. The fourth-order valence-corrected chi connectivity index (χ4v) is 2.66. The fraction of sp³-hybridized carbons (Fsp3) is 0.0556. The smallest absolute Gasteiger partial charge is 0.278 e. The summed E-state index contributed by atoms with van der Waals surface area (Å²) in [4.78, 5) is 28.0. The summed E-state index contributed by atoms with van der Waals surface area (Å²) >= 11 is 3.31. The highest BCUT2D eigenvalue weighted by Gasteiger charge is 2.11. The molecule has 6 heteroatoms. The summed E-state index contributed by atoms with van der Waals surface area (Å²) in [5, 5.41) is 3.08. The summed E-state index contributed by atoms with van der Waals surface area (Å²) in [6.07, 6.45) is 0. The van der Waals surface area contributed by atoms with E-state index >= 15 is 0 Å². The Hall–Kier alpha value is -2.60. The number of rotatable bonds is 2. The van der Waals surface area contributed by atoms with Crippen LogP contribution in [0.25, 0.3) is 22.0 Å². The van der Waals surface area contributed by atoms with Gasteiger partial charge < -0.3 is 5.32 Å². The van der Waals surface area contributed by atoms with E-state index in [2.05, 4.69) is 26.2 Å². The van der Waals surface area contributed by atoms with Crippen molar-refractivity contribution in [1.82, 2.24) is 10.3 Å². The molecule has 0 aliphatic heterocycles. The average Bonchev–Trinajstić information content (AvgIpc) is 2.71. The van der Waals surface area contributed by atoms with Crippen molar-refractivity contribution in [3.05, 3.63) is 74.7 Å². The third-order valence-electron chi connectivity index (χ3n) is 3.61. The number of hydrogen-bond donors (Lipinski definition) is 1. The summed E-state index contributed by atoms with van der Waals surface area (Å²) in [7, 11) is 1.50. The van der Waals surface area contributed by atoms with Crippen molar-refractivity contribution >= 4 is 32.6 Å². The first kappa shape index (κ1) is 16.3. The van der Waals surface area contributed by atoms with Gasteiger partial charge in [-0.25, -0.2) is 9.37 Å². The van der Waals surface area contributed by atoms with Gasteiger partial charge in [-0.15, -0.1) is 0 Å². The predicted octanol–water partition coefficient (Wildman–Crippen LogP) is 3.52. The Kier molecular flexibility index (Phi) is 4.40. The third kappa shape index (κ3) is 3.05. The average molecular weight is 387 g/mol. The molecule has 1 aromatic heterocycles. The molecule has 1 heterocycles. The van der Waals surface area contributed by atoms with Gasteiger partial charge in [0.2, 0.25) is 0 Å². The highest BCUT2D eigenvalue weighted by Crippen LogP contribution is 2.23. The van der Waals surface area contributed by atoms with Crippen molar-refractivity contribution in [2.24, 2.45) is 0 Å². The van der Waals surface area contributed by atoms with Gasteiger partial charge in [0.1, 0.15) is 11.5 Å². The Labute approximate surface area is 145 Å². The summed E-state index contributed by atoms with van der Waals surface area (Å²) in [6.45, 7) is 0. The van der Waals surface area contributed by atoms with Gasteiger partial charge in [-0.3, -0.25) is 9.59 Å². The molecule has 0 radical (unpaired) electrons. The quantitative estimate of drug-likeness (QED) is 0.732. The van der Waals surface area contributed by atoms with Crippen LogP contribution in [0.1, 0.15) is 10.4 Å². The Morgan fingerprint density at radius 3 is 2.50 bits per heavy atom. The molecule has 4 nitrogen and oxygen atoms in total. The predicted molar refractivity (Wildman–Crippen MR) is 94.5 cm³/mol. The number of nitrogens with one attached hydrogen (secondary N) is 1. The SMILES string of the molecule is CNC(=O)c1ccc2c(=O)nc(-c3ccc(Br)cc3)c(F)cc2c1. The zero-order chi connectivity index (χ0) is 17.3. The van der Waals surface area contributed by atoms with Gasteiger partial charge in [0, 0.05) is 28.0 Å². The van der Waals surface area contributed by atoms with Crippen LogP contribution in [0, 0.1) is 5.82 Å². The van der Waals surface area contributed by atoms with Crippen LogP contribution in [0.4, 0.5) is 4.39 Å². The van der Waals surface area contributed by atoms with Crippen LogP contribution >= 0.6 is 15.9 Å². The van der Waals surface area contributed by atoms with Crippen molar-refractivity contribution < 1.29 is 9.18 Å². The largest absolute Gasteiger partial charge is 0.355 e. The lowest BCUT2D eigenvalue weighted by molar-refractivity contribution is 0.0963. The number of aromatic nitrogens is 1. The molecule has 2 aromatic carbocycles. The van der Waals surface area contributed by atoms with Crippen molar-refractivity contribution in [3.8, 4) is 11.3 Å². The number of fused-ring (bicyclic) bond motifs is 1. The number of carbonyl (C=O) groups excluding carboxylic acids is 1. The fourth-order valence-electron chi connectivity index (χ4n) is 2.39. The minimum Gasteiger partial charge on any atom is -0.355 e. The molecule has 0 unspecified atom stereocenters. The molecule has 0 spiro atoms. The number of halogens is 2. The second-order valence-electron chi connectivity index (χ2n) is 5.15. The Balaban J connectivity index is 2.27. The van der Waals surface area contributed by atoms with Gasteiger partial charge in [-0.05, 0) is 41.8 Å². The standard InChI is InChI=1S/C18H12BrFN2O2/c1-21-17(23)11-4-7-14-12(8-11)9-15(20)16(22-18(14)24)10-2-5-13(19)6-3-10/h2-9H,1H3,(H,21,23). The van der Waals surface area contributed by atoms with E-state index in [4.69, 9.17) is 0 Å². The van der Waals surface area contributed by atoms with Crippen molar-refractivity contribution in [3.63, 3.8) is 0 Å². The molecule has 3 aromatic rings. The molecule has 3 rings (SSSR count). The molecule has 120 valence electrons. The molecular weight excluding hydrogens is 375 g/mol. The highest BCUT2D eigenvalue weighted by atomic mass is 79.9. The van der Waals surface area contributed by atoms with E-state index in [-0.39, 0.29) is 17.0 Å². The van der Waals surface area contributed by atoms with Gasteiger partial charge in [0.05, 0.1) is 0 Å². The number of benzene rings is 2. The van der Waals surface area contributed by atoms with Crippen molar-refractivity contribution in [2.75, 3.05) is 7.05 Å². The van der Waals surface area contributed by atoms with Gasteiger partial charge in [0.15, 0.2) is 0 Å². The maximum atomic E-state index is 14.6. The molecule has 0 saturated carbocycles. The first-order chi connectivity index (χ1) is 11.5. The van der Waals surface area contributed by atoms with E-state index in [1.807, 2.05) is 0 Å².